The molecule has 0 saturated heterocycles. The van der Waals surface area contributed by atoms with E-state index in [1.54, 1.807) is 0 Å². The Morgan fingerprint density at radius 1 is 1.44 bits per heavy atom. The lowest BCUT2D eigenvalue weighted by Crippen LogP contribution is -2.32. The molecule has 1 aromatic carbocycles. The number of nitrogens with one attached hydrogen (secondary N) is 1. The highest BCUT2D eigenvalue weighted by molar-refractivity contribution is 14.1. The predicted octanol–water partition coefficient (Wildman–Crippen LogP) is 4.05. The van der Waals surface area contributed by atoms with Gasteiger partial charge in [0.25, 0.3) is 0 Å². The van der Waals surface area contributed by atoms with Crippen molar-refractivity contribution in [3.63, 3.8) is 0 Å². The van der Waals surface area contributed by atoms with E-state index in [9.17, 15) is 0 Å². The van der Waals surface area contributed by atoms with E-state index in [2.05, 4.69) is 60.0 Å². The molecule has 1 aliphatic carbocycles. The Morgan fingerprint density at radius 2 is 2.19 bits per heavy atom. The molecule has 1 aliphatic rings. The fourth-order valence-corrected chi connectivity index (χ4v) is 3.13. The molecule has 1 nitrogen and oxygen atoms in total. The molecule has 1 N–H and O–H groups in total. The highest BCUT2D eigenvalue weighted by Crippen LogP contribution is 2.39. The average Bonchev–Trinajstić information content (AvgIpc) is 2.19. The number of hydrogen-bond acceptors (Lipinski definition) is 1. The molecule has 88 valence electrons. The second kappa shape index (κ2) is 5.50. The molecule has 0 aromatic heterocycles. The quantitative estimate of drug-likeness (QED) is 0.822. The van der Waals surface area contributed by atoms with E-state index < -0.39 is 0 Å². The summed E-state index contributed by atoms with van der Waals surface area (Å²) in [6.45, 7) is 5.47. The number of rotatable bonds is 4. The van der Waals surface area contributed by atoms with Gasteiger partial charge in [-0.05, 0) is 65.9 Å². The molecule has 1 unspecified atom stereocenters. The van der Waals surface area contributed by atoms with Crippen LogP contribution in [0.4, 0.5) is 0 Å². The third kappa shape index (κ3) is 2.43. The van der Waals surface area contributed by atoms with E-state index in [1.165, 1.54) is 34.0 Å². The van der Waals surface area contributed by atoms with Crippen molar-refractivity contribution in [3.8, 4) is 0 Å². The summed E-state index contributed by atoms with van der Waals surface area (Å²) in [7, 11) is 0. The molecule has 1 fully saturated rings. The van der Waals surface area contributed by atoms with E-state index in [-0.39, 0.29) is 0 Å². The Labute approximate surface area is 112 Å². The van der Waals surface area contributed by atoms with Crippen molar-refractivity contribution in [1.29, 1.82) is 0 Å². The Morgan fingerprint density at radius 3 is 2.75 bits per heavy atom. The molecular formula is C14H20IN. The molecule has 16 heavy (non-hydrogen) atoms. The lowest BCUT2D eigenvalue weighted by molar-refractivity contribution is 0.232. The van der Waals surface area contributed by atoms with E-state index in [0.717, 1.165) is 12.5 Å². The maximum atomic E-state index is 3.66. The van der Waals surface area contributed by atoms with Gasteiger partial charge in [0.1, 0.15) is 0 Å². The van der Waals surface area contributed by atoms with Crippen LogP contribution in [0.3, 0.4) is 0 Å². The van der Waals surface area contributed by atoms with Gasteiger partial charge in [0, 0.05) is 9.61 Å². The Balaban J connectivity index is 2.26. The lowest BCUT2D eigenvalue weighted by Gasteiger charge is -2.35. The van der Waals surface area contributed by atoms with Crippen LogP contribution < -0.4 is 5.32 Å². The van der Waals surface area contributed by atoms with E-state index in [4.69, 9.17) is 0 Å². The van der Waals surface area contributed by atoms with Crippen LogP contribution in [0.15, 0.2) is 18.2 Å². The minimum atomic E-state index is 0.575. The van der Waals surface area contributed by atoms with Crippen molar-refractivity contribution >= 4 is 22.6 Å². The van der Waals surface area contributed by atoms with Gasteiger partial charge >= 0.3 is 0 Å². The molecule has 1 atom stereocenters. The van der Waals surface area contributed by atoms with Crippen LogP contribution in [-0.2, 0) is 0 Å². The molecule has 2 rings (SSSR count). The number of benzene rings is 1. The van der Waals surface area contributed by atoms with Crippen LogP contribution in [0.1, 0.15) is 43.4 Å². The number of halogens is 1. The fraction of sp³-hybridized carbons (Fsp3) is 0.571. The third-order valence-electron chi connectivity index (χ3n) is 3.60. The summed E-state index contributed by atoms with van der Waals surface area (Å²) in [5.74, 6) is 0.857. The third-order valence-corrected chi connectivity index (χ3v) is 5.08. The van der Waals surface area contributed by atoms with Gasteiger partial charge < -0.3 is 5.32 Å². The van der Waals surface area contributed by atoms with Gasteiger partial charge in [-0.15, -0.1) is 0 Å². The van der Waals surface area contributed by atoms with Crippen molar-refractivity contribution in [2.24, 2.45) is 5.92 Å². The van der Waals surface area contributed by atoms with Gasteiger partial charge in [-0.2, -0.15) is 0 Å². The molecule has 0 amide bonds. The Hall–Kier alpha value is -0.0900. The zero-order chi connectivity index (χ0) is 11.5. The molecule has 0 aliphatic heterocycles. The maximum Gasteiger partial charge on any atom is 0.0359 e. The number of aryl methyl sites for hydroxylation is 1. The molecule has 0 radical (unpaired) electrons. The van der Waals surface area contributed by atoms with Crippen LogP contribution in [0.2, 0.25) is 0 Å². The minimum Gasteiger partial charge on any atom is -0.310 e. The van der Waals surface area contributed by atoms with Gasteiger partial charge in [0.15, 0.2) is 0 Å². The topological polar surface area (TPSA) is 12.0 Å². The summed E-state index contributed by atoms with van der Waals surface area (Å²) in [5.41, 5.74) is 2.91. The first-order valence-electron chi connectivity index (χ1n) is 6.22. The highest BCUT2D eigenvalue weighted by atomic mass is 127. The van der Waals surface area contributed by atoms with E-state index in [0.29, 0.717) is 6.04 Å². The van der Waals surface area contributed by atoms with Gasteiger partial charge in [-0.3, -0.25) is 0 Å². The Kier molecular flexibility index (Phi) is 4.25. The molecule has 1 aromatic rings. The zero-order valence-electron chi connectivity index (χ0n) is 10.1. The van der Waals surface area contributed by atoms with Crippen LogP contribution in [-0.4, -0.2) is 6.54 Å². The monoisotopic (exact) mass is 329 g/mol. The van der Waals surface area contributed by atoms with Crippen LogP contribution >= 0.6 is 22.6 Å². The van der Waals surface area contributed by atoms with E-state index in [1.807, 2.05) is 0 Å². The number of hydrogen-bond donors (Lipinski definition) is 1. The average molecular weight is 329 g/mol. The first-order valence-corrected chi connectivity index (χ1v) is 7.30. The molecule has 0 bridgehead atoms. The van der Waals surface area contributed by atoms with Gasteiger partial charge in [0.2, 0.25) is 0 Å². The molecule has 0 spiro atoms. The molecule has 1 saturated carbocycles. The summed E-state index contributed by atoms with van der Waals surface area (Å²) in [6.07, 6.45) is 4.19. The van der Waals surface area contributed by atoms with Crippen molar-refractivity contribution < 1.29 is 0 Å². The summed E-state index contributed by atoms with van der Waals surface area (Å²) in [4.78, 5) is 0. The maximum absolute atomic E-state index is 3.66. The lowest BCUT2D eigenvalue weighted by atomic mass is 9.77. The van der Waals surface area contributed by atoms with Crippen molar-refractivity contribution in [2.75, 3.05) is 6.54 Å². The second-order valence-corrected chi connectivity index (χ2v) is 5.78. The Bertz CT molecular complexity index is 358. The molecular weight excluding hydrogens is 309 g/mol. The highest BCUT2D eigenvalue weighted by Gasteiger charge is 2.29. The zero-order valence-corrected chi connectivity index (χ0v) is 12.3. The standard InChI is InChI=1S/C14H20IN/c1-3-16-14(11-7-5-8-11)12-9-4-6-10(2)13(12)15/h4,6,9,11,14,16H,3,5,7-8H2,1-2H3. The predicted molar refractivity (Wildman–Crippen MR) is 77.7 cm³/mol. The van der Waals surface area contributed by atoms with Gasteiger partial charge in [-0.1, -0.05) is 31.5 Å². The summed E-state index contributed by atoms with van der Waals surface area (Å²) >= 11 is 2.49. The van der Waals surface area contributed by atoms with Crippen molar-refractivity contribution in [1.82, 2.24) is 5.32 Å². The summed E-state index contributed by atoms with van der Waals surface area (Å²) in [5, 5.41) is 3.66. The largest absolute Gasteiger partial charge is 0.310 e. The minimum absolute atomic E-state index is 0.575. The first-order chi connectivity index (χ1) is 7.74. The second-order valence-electron chi connectivity index (χ2n) is 4.70. The summed E-state index contributed by atoms with van der Waals surface area (Å²) in [6, 6.07) is 7.26. The van der Waals surface area contributed by atoms with E-state index >= 15 is 0 Å². The first kappa shape index (κ1) is 12.4. The van der Waals surface area contributed by atoms with Crippen molar-refractivity contribution in [2.45, 2.75) is 39.2 Å². The molecule has 0 heterocycles. The summed E-state index contributed by atoms with van der Waals surface area (Å²) < 4.78 is 1.44. The smallest absolute Gasteiger partial charge is 0.0359 e. The van der Waals surface area contributed by atoms with Crippen LogP contribution in [0.25, 0.3) is 0 Å². The van der Waals surface area contributed by atoms with Gasteiger partial charge in [-0.25, -0.2) is 0 Å². The normalized spacial score (nSPS) is 18.2. The van der Waals surface area contributed by atoms with Crippen molar-refractivity contribution in [3.05, 3.63) is 32.9 Å². The molecule has 2 heteroatoms. The van der Waals surface area contributed by atoms with Crippen LogP contribution in [0.5, 0.6) is 0 Å². The van der Waals surface area contributed by atoms with Crippen LogP contribution in [0, 0.1) is 16.4 Å². The van der Waals surface area contributed by atoms with Gasteiger partial charge in [0.05, 0.1) is 0 Å². The SMILES string of the molecule is CCNC(c1cccc(C)c1I)C1CCC1. The fourth-order valence-electron chi connectivity index (χ4n) is 2.43.